The van der Waals surface area contributed by atoms with Crippen LogP contribution in [0.5, 0.6) is 0 Å². The second-order valence-electron chi connectivity index (χ2n) is 1.23. The van der Waals surface area contributed by atoms with E-state index in [4.69, 9.17) is 0 Å². The van der Waals surface area contributed by atoms with Crippen molar-refractivity contribution in [3.8, 4) is 0 Å². The molecule has 41 valence electrons. The quantitative estimate of drug-likeness (QED) is 0.509. The maximum Gasteiger partial charge on any atom is 0.274 e. The summed E-state index contributed by atoms with van der Waals surface area (Å²) in [5.74, 6) is -0.664. The number of carbonyl (C=O) groups excluding carboxylic acids is 1. The molecule has 0 unspecified atom stereocenters. The molecule has 1 radical (unpaired) electrons. The van der Waals surface area contributed by atoms with Crippen LogP contribution in [-0.4, -0.2) is 5.91 Å². The highest BCUT2D eigenvalue weighted by atomic mass is 19.2. The lowest BCUT2D eigenvalue weighted by molar-refractivity contribution is -0.125. The summed E-state index contributed by atoms with van der Waals surface area (Å²) in [6.07, 6.45) is 0.878. The van der Waals surface area contributed by atoms with Crippen molar-refractivity contribution >= 4 is 5.91 Å². The second-order valence-corrected chi connectivity index (χ2v) is 1.23. The molecule has 3 heteroatoms. The van der Waals surface area contributed by atoms with Gasteiger partial charge in [-0.05, 0) is 12.0 Å². The van der Waals surface area contributed by atoms with E-state index in [9.17, 15) is 9.28 Å². The first kappa shape index (κ1) is 6.40. The number of rotatable bonds is 2. The van der Waals surface area contributed by atoms with Crippen molar-refractivity contribution in [1.29, 1.82) is 0 Å². The van der Waals surface area contributed by atoms with E-state index in [1.54, 1.807) is 6.92 Å². The molecule has 0 aromatic carbocycles. The van der Waals surface area contributed by atoms with Crippen LogP contribution in [-0.2, 0) is 4.79 Å². The van der Waals surface area contributed by atoms with Crippen LogP contribution in [0.3, 0.4) is 0 Å². The van der Waals surface area contributed by atoms with E-state index < -0.39 is 5.91 Å². The number of hydrogen-bond acceptors (Lipinski definition) is 1. The molecule has 0 aromatic rings. The minimum Gasteiger partial charge on any atom is -0.270 e. The molecular weight excluding hydrogens is 97.0 g/mol. The van der Waals surface area contributed by atoms with Gasteiger partial charge >= 0.3 is 0 Å². The molecule has 0 saturated heterocycles. The van der Waals surface area contributed by atoms with E-state index in [-0.39, 0.29) is 6.42 Å². The lowest BCUT2D eigenvalue weighted by atomic mass is 10.3. The molecule has 0 saturated carbocycles. The van der Waals surface area contributed by atoms with E-state index in [1.165, 1.54) is 0 Å². The van der Waals surface area contributed by atoms with Crippen molar-refractivity contribution in [3.05, 3.63) is 0 Å². The largest absolute Gasteiger partial charge is 0.274 e. The Labute approximate surface area is 41.6 Å². The Morgan fingerprint density at radius 1 is 1.86 bits per heavy atom. The van der Waals surface area contributed by atoms with Crippen molar-refractivity contribution in [2.24, 2.45) is 0 Å². The number of nitrogens with zero attached hydrogens (tertiary/aromatic N) is 1. The van der Waals surface area contributed by atoms with Crippen LogP contribution in [0, 0.1) is 0 Å². The van der Waals surface area contributed by atoms with Gasteiger partial charge in [0.1, 0.15) is 0 Å². The summed E-state index contributed by atoms with van der Waals surface area (Å²) in [7, 11) is 0. The van der Waals surface area contributed by atoms with Gasteiger partial charge in [-0.2, -0.15) is 0 Å². The molecule has 7 heavy (non-hydrogen) atoms. The van der Waals surface area contributed by atoms with Gasteiger partial charge in [0.15, 0.2) is 0 Å². The van der Waals surface area contributed by atoms with E-state index in [2.05, 4.69) is 0 Å². The molecule has 0 N–H and O–H groups in total. The highest BCUT2D eigenvalue weighted by Crippen LogP contribution is 1.85. The first-order valence-corrected chi connectivity index (χ1v) is 2.16. The summed E-state index contributed by atoms with van der Waals surface area (Å²) >= 11 is 0. The maximum atomic E-state index is 10.8. The van der Waals surface area contributed by atoms with Gasteiger partial charge in [-0.15, -0.1) is 0 Å². The molecule has 0 aliphatic carbocycles. The van der Waals surface area contributed by atoms with Crippen LogP contribution in [0.2, 0.25) is 0 Å². The van der Waals surface area contributed by atoms with Crippen LogP contribution >= 0.6 is 0 Å². The summed E-state index contributed by atoms with van der Waals surface area (Å²) < 4.78 is 10.8. The van der Waals surface area contributed by atoms with Crippen molar-refractivity contribution in [2.45, 2.75) is 19.8 Å². The minimum absolute atomic E-state index is 0.219. The highest BCUT2D eigenvalue weighted by Gasteiger charge is 1.96. The lowest BCUT2D eigenvalue weighted by Crippen LogP contribution is -2.04. The Balaban J connectivity index is 3.00. The summed E-state index contributed by atoms with van der Waals surface area (Å²) in [5.41, 5.74) is 1.94. The first-order valence-electron chi connectivity index (χ1n) is 2.16. The van der Waals surface area contributed by atoms with Crippen LogP contribution in [0.1, 0.15) is 19.8 Å². The van der Waals surface area contributed by atoms with Crippen molar-refractivity contribution < 1.29 is 9.28 Å². The molecule has 0 spiro atoms. The Morgan fingerprint density at radius 2 is 2.43 bits per heavy atom. The highest BCUT2D eigenvalue weighted by molar-refractivity contribution is 5.74. The van der Waals surface area contributed by atoms with Gasteiger partial charge < -0.3 is 0 Å². The van der Waals surface area contributed by atoms with Gasteiger partial charge in [0.05, 0.1) is 0 Å². The SMILES string of the molecule is CCCC(=O)[N]F. The van der Waals surface area contributed by atoms with E-state index >= 15 is 0 Å². The predicted octanol–water partition coefficient (Wildman–Crippen LogP) is 0.802. The topological polar surface area (TPSA) is 31.2 Å². The third kappa shape index (κ3) is 3.22. The average molecular weight is 104 g/mol. The fraction of sp³-hybridized carbons (Fsp3) is 0.750. The Bertz CT molecular complexity index is 64.7. The Morgan fingerprint density at radius 3 is 2.57 bits per heavy atom. The number of amides is 1. The second kappa shape index (κ2) is 3.59. The molecule has 1 amide bonds. The third-order valence-electron chi connectivity index (χ3n) is 0.558. The van der Waals surface area contributed by atoms with E-state index in [1.807, 2.05) is 5.54 Å². The van der Waals surface area contributed by atoms with Gasteiger partial charge in [0.2, 0.25) is 0 Å². The van der Waals surface area contributed by atoms with Crippen molar-refractivity contribution in [2.75, 3.05) is 0 Å². The zero-order chi connectivity index (χ0) is 5.70. The summed E-state index contributed by atoms with van der Waals surface area (Å²) in [6.45, 7) is 1.79. The number of halogens is 1. The van der Waals surface area contributed by atoms with Crippen molar-refractivity contribution in [1.82, 2.24) is 5.54 Å². The monoisotopic (exact) mass is 104 g/mol. The van der Waals surface area contributed by atoms with Gasteiger partial charge in [0, 0.05) is 6.42 Å². The van der Waals surface area contributed by atoms with Crippen LogP contribution in [0.15, 0.2) is 0 Å². The molecule has 0 aliphatic rings. The molecule has 0 heterocycles. The first-order chi connectivity index (χ1) is 3.31. The molecule has 0 fully saturated rings. The zero-order valence-electron chi connectivity index (χ0n) is 4.15. The van der Waals surface area contributed by atoms with Crippen LogP contribution < -0.4 is 5.54 Å². The summed E-state index contributed by atoms with van der Waals surface area (Å²) in [6, 6.07) is 0. The fourth-order valence-electron chi connectivity index (χ4n) is 0.256. The van der Waals surface area contributed by atoms with E-state index in [0.717, 1.165) is 0 Å². The molecule has 0 aliphatic heterocycles. The number of hydrogen-bond donors (Lipinski definition) is 0. The van der Waals surface area contributed by atoms with Crippen LogP contribution in [0.4, 0.5) is 4.48 Å². The number of carbonyl (C=O) groups is 1. The molecule has 0 aromatic heterocycles. The summed E-state index contributed by atoms with van der Waals surface area (Å²) in [4.78, 5) is 9.87. The minimum atomic E-state index is -0.664. The molecule has 0 atom stereocenters. The molecule has 2 nitrogen and oxygen atoms in total. The fourth-order valence-corrected chi connectivity index (χ4v) is 0.256. The smallest absolute Gasteiger partial charge is 0.270 e. The van der Waals surface area contributed by atoms with Gasteiger partial charge in [0.25, 0.3) is 5.91 Å². The van der Waals surface area contributed by atoms with Gasteiger partial charge in [-0.3, -0.25) is 4.79 Å². The normalized spacial score (nSPS) is 8.29. The average Bonchev–Trinajstić information content (AvgIpc) is 1.68. The molecule has 0 rings (SSSR count). The zero-order valence-corrected chi connectivity index (χ0v) is 4.15. The van der Waals surface area contributed by atoms with Gasteiger partial charge in [-0.25, -0.2) is 0 Å². The third-order valence-corrected chi connectivity index (χ3v) is 0.558. The molecular formula is C4H7FNO. The Kier molecular flexibility index (Phi) is 3.28. The van der Waals surface area contributed by atoms with Crippen molar-refractivity contribution in [3.63, 3.8) is 0 Å². The standard InChI is InChI=1S/C4H7FNO/c1-2-3-4(7)6-5/h2-3H2,1H3. The van der Waals surface area contributed by atoms with E-state index in [0.29, 0.717) is 6.42 Å². The maximum absolute atomic E-state index is 10.8. The van der Waals surface area contributed by atoms with Gasteiger partial charge in [-0.1, -0.05) is 11.4 Å². The predicted molar refractivity (Wildman–Crippen MR) is 23.2 cm³/mol. The summed E-state index contributed by atoms with van der Waals surface area (Å²) in [5, 5.41) is 0. The van der Waals surface area contributed by atoms with Crippen LogP contribution in [0.25, 0.3) is 0 Å². The Hall–Kier alpha value is -0.600. The molecule has 0 bridgehead atoms. The lowest BCUT2D eigenvalue weighted by Gasteiger charge is -1.83.